The molecular weight excluding hydrogens is 473 g/mol. The van der Waals surface area contributed by atoms with Crippen molar-refractivity contribution in [2.75, 3.05) is 0 Å². The molecule has 0 bridgehead atoms. The fourth-order valence-corrected chi connectivity index (χ4v) is 6.00. The minimum absolute atomic E-state index is 0.0356. The highest BCUT2D eigenvalue weighted by Gasteiger charge is 2.46. The molecule has 5 atom stereocenters. The molecule has 0 radical (unpaired) electrons. The number of hydrogen-bond donors (Lipinski definition) is 5. The van der Waals surface area contributed by atoms with Crippen LogP contribution in [0.1, 0.15) is 38.0 Å². The number of aromatic nitrogens is 2. The third-order valence-corrected chi connectivity index (χ3v) is 7.72. The first-order valence-electron chi connectivity index (χ1n) is 8.42. The van der Waals surface area contributed by atoms with E-state index in [1.54, 1.807) is 0 Å². The number of aryl methyl sites for hydroxylation is 1. The normalized spacial score (nSPS) is 26.3. The molecule has 2 rings (SSSR count). The summed E-state index contributed by atoms with van der Waals surface area (Å²) in [5.74, 6) is 0. The van der Waals surface area contributed by atoms with Gasteiger partial charge in [-0.1, -0.05) is 13.3 Å². The van der Waals surface area contributed by atoms with Crippen molar-refractivity contribution in [3.63, 3.8) is 0 Å². The van der Waals surface area contributed by atoms with Crippen LogP contribution in [-0.2, 0) is 31.6 Å². The van der Waals surface area contributed by atoms with Gasteiger partial charge in [0.2, 0.25) is 0 Å². The topological polar surface area (TPSA) is 224 Å². The van der Waals surface area contributed by atoms with E-state index in [1.165, 1.54) is 6.92 Å². The lowest BCUT2D eigenvalue weighted by molar-refractivity contribution is -0.0408. The van der Waals surface area contributed by atoms with E-state index in [2.05, 4.69) is 8.62 Å². The van der Waals surface area contributed by atoms with Crippen LogP contribution in [-0.4, -0.2) is 41.3 Å². The fourth-order valence-electron chi connectivity index (χ4n) is 2.81. The number of nitrogens with one attached hydrogen (secondary N) is 1. The lowest BCUT2D eigenvalue weighted by atomic mass is 10.1. The highest BCUT2D eigenvalue weighted by Crippen LogP contribution is 2.67. The van der Waals surface area contributed by atoms with Crippen molar-refractivity contribution in [1.82, 2.24) is 9.55 Å². The van der Waals surface area contributed by atoms with Gasteiger partial charge in [-0.2, -0.15) is 8.62 Å². The molecular formula is C12H21N2O13P3. The van der Waals surface area contributed by atoms with Gasteiger partial charge in [0.15, 0.2) is 6.23 Å². The SMILES string of the molecule is CCC[C@@H]1CC(OP(=O)(O)OP(=O)(O)OP(=O)(O)O)[C@H](n2cc(C)c(=O)[nH]c2=O)O1. The Bertz CT molecular complexity index is 1030. The summed E-state index contributed by atoms with van der Waals surface area (Å²) in [5, 5.41) is 0. The molecule has 0 aromatic carbocycles. The van der Waals surface area contributed by atoms with Crippen LogP contribution in [0.5, 0.6) is 0 Å². The van der Waals surface area contributed by atoms with Crippen LogP contribution in [0.3, 0.4) is 0 Å². The number of nitrogens with zero attached hydrogens (tertiary/aromatic N) is 1. The van der Waals surface area contributed by atoms with Crippen molar-refractivity contribution >= 4 is 23.5 Å². The van der Waals surface area contributed by atoms with E-state index < -0.39 is 53.2 Å². The number of aromatic amines is 1. The van der Waals surface area contributed by atoms with E-state index in [4.69, 9.17) is 19.0 Å². The van der Waals surface area contributed by atoms with E-state index in [0.29, 0.717) is 12.8 Å². The molecule has 30 heavy (non-hydrogen) atoms. The van der Waals surface area contributed by atoms with Crippen LogP contribution in [0.25, 0.3) is 0 Å². The van der Waals surface area contributed by atoms with Crippen LogP contribution in [0.15, 0.2) is 15.8 Å². The highest BCUT2D eigenvalue weighted by molar-refractivity contribution is 7.66. The van der Waals surface area contributed by atoms with Crippen molar-refractivity contribution in [3.8, 4) is 0 Å². The summed E-state index contributed by atoms with van der Waals surface area (Å²) in [5.41, 5.74) is -1.41. The molecule has 0 aliphatic carbocycles. The maximum Gasteiger partial charge on any atom is 0.490 e. The van der Waals surface area contributed by atoms with Gasteiger partial charge in [-0.25, -0.2) is 18.5 Å². The Hall–Kier alpha value is -0.950. The smallest absolute Gasteiger partial charge is 0.352 e. The van der Waals surface area contributed by atoms with Gasteiger partial charge in [0.1, 0.15) is 6.10 Å². The lowest BCUT2D eigenvalue weighted by Crippen LogP contribution is -2.36. The Labute approximate surface area is 169 Å². The number of H-pyrrole nitrogens is 1. The van der Waals surface area contributed by atoms with Crippen molar-refractivity contribution in [2.45, 2.75) is 51.5 Å². The first-order chi connectivity index (χ1) is 13.6. The van der Waals surface area contributed by atoms with E-state index >= 15 is 0 Å². The molecule has 0 amide bonds. The standard InChI is InChI=1S/C12H21N2O13P3/c1-3-4-8-5-9(11(24-8)14-6-7(2)10(15)13-12(14)16)25-29(20,21)27-30(22,23)26-28(17,18)19/h6,8-9,11H,3-5H2,1-2H3,(H,20,21)(H,22,23)(H,13,15,16)(H2,17,18,19)/t8-,9?,11-/m1/s1. The Morgan fingerprint density at radius 1 is 1.17 bits per heavy atom. The number of phosphoric ester groups is 1. The van der Waals surface area contributed by atoms with Gasteiger partial charge in [0.25, 0.3) is 5.56 Å². The third kappa shape index (κ3) is 7.04. The maximum absolute atomic E-state index is 12.2. The van der Waals surface area contributed by atoms with Crippen LogP contribution in [0.4, 0.5) is 0 Å². The van der Waals surface area contributed by atoms with E-state index in [1.807, 2.05) is 11.9 Å². The Morgan fingerprint density at radius 3 is 2.37 bits per heavy atom. The zero-order valence-corrected chi connectivity index (χ0v) is 18.4. The molecule has 1 saturated heterocycles. The predicted molar refractivity (Wildman–Crippen MR) is 98.2 cm³/mol. The van der Waals surface area contributed by atoms with Gasteiger partial charge in [0.05, 0.1) is 6.10 Å². The zero-order valence-electron chi connectivity index (χ0n) is 15.7. The molecule has 0 saturated carbocycles. The van der Waals surface area contributed by atoms with Crippen LogP contribution in [0, 0.1) is 6.92 Å². The van der Waals surface area contributed by atoms with Gasteiger partial charge in [-0.3, -0.25) is 18.9 Å². The molecule has 1 aromatic heterocycles. The van der Waals surface area contributed by atoms with Crippen molar-refractivity contribution in [1.29, 1.82) is 0 Å². The van der Waals surface area contributed by atoms with Crippen molar-refractivity contribution in [3.05, 3.63) is 32.6 Å². The summed E-state index contributed by atoms with van der Waals surface area (Å²) in [6.07, 6.45) is -0.969. The largest absolute Gasteiger partial charge is 0.490 e. The summed E-state index contributed by atoms with van der Waals surface area (Å²) < 4.78 is 53.2. The Balaban J connectivity index is 2.30. The van der Waals surface area contributed by atoms with Crippen LogP contribution >= 0.6 is 23.5 Å². The molecule has 18 heteroatoms. The van der Waals surface area contributed by atoms with Gasteiger partial charge >= 0.3 is 29.2 Å². The second-order valence-electron chi connectivity index (χ2n) is 6.39. The monoisotopic (exact) mass is 494 g/mol. The Morgan fingerprint density at radius 2 is 1.80 bits per heavy atom. The van der Waals surface area contributed by atoms with Gasteiger partial charge in [-0.15, -0.1) is 0 Å². The number of rotatable bonds is 9. The Kier molecular flexibility index (Phi) is 7.82. The molecule has 172 valence electrons. The molecule has 3 unspecified atom stereocenters. The maximum atomic E-state index is 12.2. The molecule has 0 spiro atoms. The zero-order chi connectivity index (χ0) is 22.9. The summed E-state index contributed by atoms with van der Waals surface area (Å²) in [7, 11) is -16.7. The highest BCUT2D eigenvalue weighted by atomic mass is 31.3. The van der Waals surface area contributed by atoms with E-state index in [9.17, 15) is 33.1 Å². The van der Waals surface area contributed by atoms with Crippen LogP contribution in [0.2, 0.25) is 0 Å². The number of phosphoric acid groups is 3. The van der Waals surface area contributed by atoms with Crippen molar-refractivity contribution in [2.24, 2.45) is 0 Å². The van der Waals surface area contributed by atoms with E-state index in [0.717, 1.165) is 10.8 Å². The average molecular weight is 494 g/mol. The summed E-state index contributed by atoms with van der Waals surface area (Å²) in [6, 6.07) is 0. The van der Waals surface area contributed by atoms with Crippen molar-refractivity contribution < 1.29 is 51.2 Å². The fraction of sp³-hybridized carbons (Fsp3) is 0.667. The van der Waals surface area contributed by atoms with Gasteiger partial charge in [-0.05, 0) is 13.3 Å². The minimum atomic E-state index is -5.69. The number of hydrogen-bond acceptors (Lipinski definition) is 9. The lowest BCUT2D eigenvalue weighted by Gasteiger charge is -2.23. The quantitative estimate of drug-likeness (QED) is 0.298. The molecule has 15 nitrogen and oxygen atoms in total. The molecule has 2 heterocycles. The summed E-state index contributed by atoms with van der Waals surface area (Å²) in [6.45, 7) is 3.24. The average Bonchev–Trinajstić information content (AvgIpc) is 2.89. The third-order valence-electron chi connectivity index (χ3n) is 3.86. The van der Waals surface area contributed by atoms with Gasteiger partial charge < -0.3 is 24.3 Å². The molecule has 1 aromatic rings. The molecule has 5 N–H and O–H groups in total. The first kappa shape index (κ1) is 25.3. The van der Waals surface area contributed by atoms with Crippen LogP contribution < -0.4 is 11.2 Å². The minimum Gasteiger partial charge on any atom is -0.352 e. The van der Waals surface area contributed by atoms with Gasteiger partial charge in [0, 0.05) is 18.2 Å². The second-order valence-corrected chi connectivity index (χ2v) is 10.8. The van der Waals surface area contributed by atoms with E-state index in [-0.39, 0.29) is 12.0 Å². The predicted octanol–water partition coefficient (Wildman–Crippen LogP) is 0.645. The first-order valence-corrected chi connectivity index (χ1v) is 12.9. The molecule has 1 fully saturated rings. The second kappa shape index (κ2) is 9.27. The molecule has 1 aliphatic heterocycles. The number of ether oxygens (including phenoxy) is 1. The summed E-state index contributed by atoms with van der Waals surface area (Å²) in [4.78, 5) is 62.0. The summed E-state index contributed by atoms with van der Waals surface area (Å²) >= 11 is 0. The molecule has 1 aliphatic rings.